The van der Waals surface area contributed by atoms with Crippen molar-refractivity contribution >= 4 is 0 Å². The van der Waals surface area contributed by atoms with Crippen LogP contribution < -0.4 is 5.43 Å². The summed E-state index contributed by atoms with van der Waals surface area (Å²) in [6, 6.07) is 2.11. The Morgan fingerprint density at radius 1 is 1.54 bits per heavy atom. The van der Waals surface area contributed by atoms with Gasteiger partial charge in [-0.1, -0.05) is 0 Å². The van der Waals surface area contributed by atoms with Gasteiger partial charge in [-0.05, 0) is 19.9 Å². The summed E-state index contributed by atoms with van der Waals surface area (Å²) >= 11 is 0. The molecule has 0 fully saturated rings. The molecule has 4 nitrogen and oxygen atoms in total. The Morgan fingerprint density at radius 3 is 2.77 bits per heavy atom. The van der Waals surface area contributed by atoms with E-state index in [9.17, 15) is 0 Å². The van der Waals surface area contributed by atoms with Crippen molar-refractivity contribution in [1.82, 2.24) is 20.2 Å². The molecular weight excluding hydrogens is 164 g/mol. The monoisotopic (exact) mass is 182 g/mol. The van der Waals surface area contributed by atoms with Gasteiger partial charge in [0.15, 0.2) is 0 Å². The smallest absolute Gasteiger partial charge is 0.0597 e. The molecule has 1 aromatic heterocycles. The molecule has 0 aromatic carbocycles. The predicted octanol–water partition coefficient (Wildman–Crippen LogP) is 0.778. The van der Waals surface area contributed by atoms with Crippen molar-refractivity contribution in [3.05, 3.63) is 17.5 Å². The number of nitrogens with one attached hydrogen (secondary N) is 1. The molecule has 13 heavy (non-hydrogen) atoms. The molecule has 0 aliphatic rings. The van der Waals surface area contributed by atoms with Gasteiger partial charge >= 0.3 is 0 Å². The number of hydrogen-bond donors (Lipinski definition) is 1. The molecule has 0 bridgehead atoms. The quantitative estimate of drug-likeness (QED) is 0.698. The molecule has 0 atom stereocenters. The molecule has 0 saturated heterocycles. The fraction of sp³-hybridized carbons (Fsp3) is 0.667. The normalized spacial score (nSPS) is 11.2. The minimum atomic E-state index is 0.835. The lowest BCUT2D eigenvalue weighted by Gasteiger charge is -2.12. The van der Waals surface area contributed by atoms with Crippen LogP contribution in [-0.2, 0) is 13.1 Å². The van der Waals surface area contributed by atoms with E-state index < -0.39 is 0 Å². The van der Waals surface area contributed by atoms with Crippen molar-refractivity contribution in [2.24, 2.45) is 0 Å². The lowest BCUT2D eigenvalue weighted by molar-refractivity contribution is 0.281. The average Bonchev–Trinajstić information content (AvgIpc) is 2.42. The number of nitrogens with zero attached hydrogens (tertiary/aromatic N) is 3. The maximum Gasteiger partial charge on any atom is 0.0597 e. The highest BCUT2D eigenvalue weighted by atomic mass is 15.5. The third kappa shape index (κ3) is 2.82. The molecule has 1 heterocycles. The minimum absolute atomic E-state index is 0.835. The summed E-state index contributed by atoms with van der Waals surface area (Å²) in [5.41, 5.74) is 5.53. The van der Waals surface area contributed by atoms with Gasteiger partial charge in [0, 0.05) is 20.6 Å². The molecular formula is C9H18N4. The van der Waals surface area contributed by atoms with Crippen LogP contribution in [0.15, 0.2) is 6.07 Å². The third-order valence-electron chi connectivity index (χ3n) is 1.86. The second-order valence-corrected chi connectivity index (χ2v) is 3.32. The number of hydrogen-bond acceptors (Lipinski definition) is 3. The van der Waals surface area contributed by atoms with Gasteiger partial charge < -0.3 is 0 Å². The lowest BCUT2D eigenvalue weighted by Crippen LogP contribution is -2.30. The third-order valence-corrected chi connectivity index (χ3v) is 1.86. The Morgan fingerprint density at radius 2 is 2.23 bits per heavy atom. The zero-order valence-electron chi connectivity index (χ0n) is 8.83. The predicted molar refractivity (Wildman–Crippen MR) is 53.2 cm³/mol. The molecule has 0 spiro atoms. The van der Waals surface area contributed by atoms with Crippen LogP contribution in [0.1, 0.15) is 18.3 Å². The fourth-order valence-electron chi connectivity index (χ4n) is 1.25. The summed E-state index contributed by atoms with van der Waals surface area (Å²) in [6.45, 7) is 5.89. The molecule has 0 radical (unpaired) electrons. The van der Waals surface area contributed by atoms with Gasteiger partial charge in [0.1, 0.15) is 0 Å². The van der Waals surface area contributed by atoms with Crippen LogP contribution in [0.3, 0.4) is 0 Å². The Kier molecular flexibility index (Phi) is 3.45. The van der Waals surface area contributed by atoms with E-state index in [-0.39, 0.29) is 0 Å². The van der Waals surface area contributed by atoms with Crippen LogP contribution in [0.4, 0.5) is 0 Å². The maximum absolute atomic E-state index is 4.37. The standard InChI is InChI=1S/C9H18N4/c1-5-13-9(6-8(2)11-13)7-10-12(3)4/h6,10H,5,7H2,1-4H3. The molecule has 0 aliphatic heterocycles. The molecule has 4 heteroatoms. The Hall–Kier alpha value is -0.870. The first kappa shape index (κ1) is 10.2. The van der Waals surface area contributed by atoms with E-state index in [2.05, 4.69) is 23.5 Å². The first-order chi connectivity index (χ1) is 6.13. The second kappa shape index (κ2) is 4.39. The van der Waals surface area contributed by atoms with Gasteiger partial charge in [-0.2, -0.15) is 5.10 Å². The summed E-state index contributed by atoms with van der Waals surface area (Å²) in [6.07, 6.45) is 0. The summed E-state index contributed by atoms with van der Waals surface area (Å²) in [7, 11) is 3.97. The molecule has 1 N–H and O–H groups in total. The minimum Gasteiger partial charge on any atom is -0.268 e. The number of aryl methyl sites for hydroxylation is 2. The van der Waals surface area contributed by atoms with Crippen molar-refractivity contribution in [3.63, 3.8) is 0 Å². The van der Waals surface area contributed by atoms with Crippen LogP contribution in [0, 0.1) is 6.92 Å². The zero-order valence-corrected chi connectivity index (χ0v) is 8.83. The topological polar surface area (TPSA) is 33.1 Å². The number of rotatable bonds is 4. The van der Waals surface area contributed by atoms with E-state index in [4.69, 9.17) is 0 Å². The largest absolute Gasteiger partial charge is 0.268 e. The molecule has 1 rings (SSSR count). The molecule has 0 aliphatic carbocycles. The van der Waals surface area contributed by atoms with Crippen molar-refractivity contribution in [2.45, 2.75) is 26.9 Å². The van der Waals surface area contributed by atoms with Gasteiger partial charge in [-0.25, -0.2) is 5.43 Å². The highest BCUT2D eigenvalue weighted by molar-refractivity contribution is 5.08. The SMILES string of the molecule is CCn1nc(C)cc1CNN(C)C. The van der Waals surface area contributed by atoms with Crippen molar-refractivity contribution < 1.29 is 0 Å². The van der Waals surface area contributed by atoms with Gasteiger partial charge in [-0.3, -0.25) is 9.69 Å². The summed E-state index contributed by atoms with van der Waals surface area (Å²) in [4.78, 5) is 0. The van der Waals surface area contributed by atoms with E-state index in [0.717, 1.165) is 18.8 Å². The summed E-state index contributed by atoms with van der Waals surface area (Å²) in [5, 5.41) is 6.31. The van der Waals surface area contributed by atoms with E-state index in [1.807, 2.05) is 30.7 Å². The Bertz CT molecular complexity index is 265. The lowest BCUT2D eigenvalue weighted by atomic mass is 10.4. The molecule has 0 unspecified atom stereocenters. The van der Waals surface area contributed by atoms with Crippen molar-refractivity contribution in [3.8, 4) is 0 Å². The average molecular weight is 182 g/mol. The zero-order chi connectivity index (χ0) is 9.84. The van der Waals surface area contributed by atoms with Gasteiger partial charge in [0.05, 0.1) is 17.9 Å². The number of hydrazine groups is 1. The second-order valence-electron chi connectivity index (χ2n) is 3.32. The molecule has 1 aromatic rings. The van der Waals surface area contributed by atoms with Crippen LogP contribution in [-0.4, -0.2) is 28.9 Å². The highest BCUT2D eigenvalue weighted by Crippen LogP contribution is 2.02. The van der Waals surface area contributed by atoms with Crippen molar-refractivity contribution in [2.75, 3.05) is 14.1 Å². The fourth-order valence-corrected chi connectivity index (χ4v) is 1.25. The maximum atomic E-state index is 4.37. The first-order valence-electron chi connectivity index (χ1n) is 4.57. The van der Waals surface area contributed by atoms with E-state index >= 15 is 0 Å². The van der Waals surface area contributed by atoms with Crippen LogP contribution in [0.2, 0.25) is 0 Å². The van der Waals surface area contributed by atoms with Crippen molar-refractivity contribution in [1.29, 1.82) is 0 Å². The Balaban J connectivity index is 2.64. The van der Waals surface area contributed by atoms with Crippen LogP contribution in [0.5, 0.6) is 0 Å². The molecule has 74 valence electrons. The van der Waals surface area contributed by atoms with Crippen LogP contribution >= 0.6 is 0 Å². The number of aromatic nitrogens is 2. The van der Waals surface area contributed by atoms with Gasteiger partial charge in [0.2, 0.25) is 0 Å². The molecule has 0 saturated carbocycles. The van der Waals surface area contributed by atoms with E-state index in [1.54, 1.807) is 0 Å². The van der Waals surface area contributed by atoms with Crippen LogP contribution in [0.25, 0.3) is 0 Å². The van der Waals surface area contributed by atoms with E-state index in [1.165, 1.54) is 5.69 Å². The van der Waals surface area contributed by atoms with Gasteiger partial charge in [0.25, 0.3) is 0 Å². The van der Waals surface area contributed by atoms with E-state index in [0.29, 0.717) is 0 Å². The Labute approximate surface area is 79.5 Å². The molecule has 0 amide bonds. The summed E-state index contributed by atoms with van der Waals surface area (Å²) < 4.78 is 2.02. The summed E-state index contributed by atoms with van der Waals surface area (Å²) in [5.74, 6) is 0. The van der Waals surface area contributed by atoms with Gasteiger partial charge in [-0.15, -0.1) is 0 Å². The first-order valence-corrected chi connectivity index (χ1v) is 4.57. The highest BCUT2D eigenvalue weighted by Gasteiger charge is 2.02.